The third-order valence-corrected chi connectivity index (χ3v) is 4.68. The lowest BCUT2D eigenvalue weighted by atomic mass is 10.1. The topological polar surface area (TPSA) is 75.6 Å². The van der Waals surface area contributed by atoms with Crippen LogP contribution in [-0.4, -0.2) is 39.8 Å². The quantitative estimate of drug-likeness (QED) is 0.453. The monoisotopic (exact) mass is 461 g/mol. The number of carbonyl (C=O) groups excluding carboxylic acids is 1. The second-order valence-corrected chi connectivity index (χ2v) is 6.73. The van der Waals surface area contributed by atoms with E-state index in [0.717, 1.165) is 0 Å². The van der Waals surface area contributed by atoms with Crippen molar-refractivity contribution in [1.82, 2.24) is 0 Å². The van der Waals surface area contributed by atoms with Gasteiger partial charge in [-0.25, -0.2) is 9.79 Å². The summed E-state index contributed by atoms with van der Waals surface area (Å²) in [6.07, 6.45) is 1.63. The third-order valence-electron chi connectivity index (χ3n) is 4.09. The van der Waals surface area contributed by atoms with Gasteiger partial charge in [0.1, 0.15) is 0 Å². The molecular weight excluding hydrogens is 442 g/mol. The average Bonchev–Trinajstić information content (AvgIpc) is 3.08. The Kier molecular flexibility index (Phi) is 6.43. The van der Waals surface area contributed by atoms with E-state index in [1.807, 2.05) is 13.0 Å². The molecule has 29 heavy (non-hydrogen) atoms. The Morgan fingerprint density at radius 3 is 2.45 bits per heavy atom. The van der Waals surface area contributed by atoms with Crippen LogP contribution in [0.3, 0.4) is 0 Å². The first-order chi connectivity index (χ1) is 14.0. The van der Waals surface area contributed by atoms with Crippen LogP contribution in [0.1, 0.15) is 18.1 Å². The highest BCUT2D eigenvalue weighted by Gasteiger charge is 2.25. The van der Waals surface area contributed by atoms with Gasteiger partial charge < -0.3 is 23.7 Å². The maximum atomic E-state index is 12.3. The van der Waals surface area contributed by atoms with Crippen LogP contribution in [-0.2, 0) is 9.53 Å². The Balaban J connectivity index is 1.97. The van der Waals surface area contributed by atoms with E-state index in [1.165, 1.54) is 7.11 Å². The number of carbonyl (C=O) groups is 1. The van der Waals surface area contributed by atoms with Crippen molar-refractivity contribution in [3.05, 3.63) is 51.6 Å². The smallest absolute Gasteiger partial charge is 0.363 e. The van der Waals surface area contributed by atoms with Gasteiger partial charge in [0.15, 0.2) is 28.7 Å². The zero-order valence-corrected chi connectivity index (χ0v) is 18.0. The van der Waals surface area contributed by atoms with Gasteiger partial charge in [-0.2, -0.15) is 0 Å². The molecule has 0 saturated heterocycles. The molecule has 0 spiro atoms. The molecule has 0 amide bonds. The van der Waals surface area contributed by atoms with Gasteiger partial charge in [0.05, 0.1) is 32.4 Å². The predicted molar refractivity (Wildman–Crippen MR) is 112 cm³/mol. The fourth-order valence-electron chi connectivity index (χ4n) is 2.79. The minimum Gasteiger partial charge on any atom is -0.493 e. The van der Waals surface area contributed by atoms with Gasteiger partial charge in [0.2, 0.25) is 5.90 Å². The molecule has 0 aliphatic carbocycles. The van der Waals surface area contributed by atoms with Crippen LogP contribution in [0.5, 0.6) is 23.0 Å². The number of methoxy groups -OCH3 is 3. The number of hydrogen-bond donors (Lipinski definition) is 0. The van der Waals surface area contributed by atoms with Crippen molar-refractivity contribution in [1.29, 1.82) is 0 Å². The highest BCUT2D eigenvalue weighted by atomic mass is 79.9. The molecule has 8 heteroatoms. The van der Waals surface area contributed by atoms with Crippen LogP contribution in [0.15, 0.2) is 45.5 Å². The Labute approximate surface area is 177 Å². The van der Waals surface area contributed by atoms with Crippen molar-refractivity contribution < 1.29 is 28.5 Å². The van der Waals surface area contributed by atoms with Crippen molar-refractivity contribution >= 4 is 33.9 Å². The van der Waals surface area contributed by atoms with E-state index in [-0.39, 0.29) is 11.6 Å². The summed E-state index contributed by atoms with van der Waals surface area (Å²) < 4.78 is 27.5. The zero-order chi connectivity index (χ0) is 21.0. The number of benzene rings is 2. The number of nitrogens with zero attached hydrogens (tertiary/aromatic N) is 1. The van der Waals surface area contributed by atoms with Crippen LogP contribution >= 0.6 is 15.9 Å². The van der Waals surface area contributed by atoms with Crippen LogP contribution in [0.25, 0.3) is 6.08 Å². The molecule has 7 nitrogen and oxygen atoms in total. The summed E-state index contributed by atoms with van der Waals surface area (Å²) in [6.45, 7) is 2.36. The Hall–Kier alpha value is -3.00. The first-order valence-corrected chi connectivity index (χ1v) is 9.55. The molecule has 1 aliphatic heterocycles. The summed E-state index contributed by atoms with van der Waals surface area (Å²) in [5.41, 5.74) is 1.49. The average molecular weight is 462 g/mol. The molecule has 0 radical (unpaired) electrons. The maximum absolute atomic E-state index is 12.3. The lowest BCUT2D eigenvalue weighted by molar-refractivity contribution is -0.129. The van der Waals surface area contributed by atoms with E-state index in [1.54, 1.807) is 44.6 Å². The normalized spacial score (nSPS) is 14.4. The van der Waals surface area contributed by atoms with Crippen molar-refractivity contribution in [2.75, 3.05) is 27.9 Å². The Morgan fingerprint density at radius 1 is 1.03 bits per heavy atom. The molecule has 0 saturated carbocycles. The van der Waals surface area contributed by atoms with E-state index >= 15 is 0 Å². The van der Waals surface area contributed by atoms with Crippen LogP contribution in [0.2, 0.25) is 0 Å². The number of esters is 1. The van der Waals surface area contributed by atoms with Crippen LogP contribution < -0.4 is 18.9 Å². The SMILES string of the molecule is CCOc1cc(/C=C2\N=C(c3ccc(OC)c(OC)c3)OC2=O)cc(Br)c1OC. The number of ether oxygens (including phenoxy) is 5. The summed E-state index contributed by atoms with van der Waals surface area (Å²) in [7, 11) is 4.65. The van der Waals surface area contributed by atoms with Gasteiger partial charge in [-0.1, -0.05) is 0 Å². The van der Waals surface area contributed by atoms with E-state index in [2.05, 4.69) is 20.9 Å². The Bertz CT molecular complexity index is 999. The summed E-state index contributed by atoms with van der Waals surface area (Å²) in [6, 6.07) is 8.75. The first kappa shape index (κ1) is 20.7. The summed E-state index contributed by atoms with van der Waals surface area (Å²) in [4.78, 5) is 16.7. The molecule has 0 fully saturated rings. The van der Waals surface area contributed by atoms with Crippen molar-refractivity contribution in [3.8, 4) is 23.0 Å². The summed E-state index contributed by atoms with van der Waals surface area (Å²) in [5, 5.41) is 0. The third kappa shape index (κ3) is 4.37. The van der Waals surface area contributed by atoms with Crippen molar-refractivity contribution in [3.63, 3.8) is 0 Å². The molecule has 3 rings (SSSR count). The fraction of sp³-hybridized carbons (Fsp3) is 0.238. The van der Waals surface area contributed by atoms with Gasteiger partial charge in [-0.3, -0.25) is 0 Å². The lowest BCUT2D eigenvalue weighted by Crippen LogP contribution is -2.06. The number of rotatable bonds is 7. The largest absolute Gasteiger partial charge is 0.493 e. The minimum absolute atomic E-state index is 0.175. The molecule has 2 aromatic carbocycles. The van der Waals surface area contributed by atoms with Gasteiger partial charge in [0.25, 0.3) is 0 Å². The standard InChI is InChI=1S/C21H20BrNO6/c1-5-28-18-10-12(8-14(22)19(18)27-4)9-15-21(24)29-20(23-15)13-6-7-16(25-2)17(11-13)26-3/h6-11H,5H2,1-4H3/b15-9-. The van der Waals surface area contributed by atoms with E-state index in [0.29, 0.717) is 45.2 Å². The Morgan fingerprint density at radius 2 is 1.79 bits per heavy atom. The van der Waals surface area contributed by atoms with Gasteiger partial charge in [-0.15, -0.1) is 0 Å². The summed E-state index contributed by atoms with van der Waals surface area (Å²) in [5.74, 6) is 1.88. The lowest BCUT2D eigenvalue weighted by Gasteiger charge is -2.12. The number of cyclic esters (lactones) is 1. The van der Waals surface area contributed by atoms with E-state index < -0.39 is 5.97 Å². The molecule has 2 aromatic rings. The second kappa shape index (κ2) is 9.00. The number of halogens is 1. The molecular formula is C21H20BrNO6. The first-order valence-electron chi connectivity index (χ1n) is 8.76. The number of aliphatic imine (C=N–C) groups is 1. The molecule has 0 N–H and O–H groups in total. The van der Waals surface area contributed by atoms with E-state index in [4.69, 9.17) is 23.7 Å². The van der Waals surface area contributed by atoms with E-state index in [9.17, 15) is 4.79 Å². The molecule has 152 valence electrons. The highest BCUT2D eigenvalue weighted by Crippen LogP contribution is 2.37. The molecule has 1 heterocycles. The van der Waals surface area contributed by atoms with Gasteiger partial charge in [0, 0.05) is 5.56 Å². The van der Waals surface area contributed by atoms with Crippen molar-refractivity contribution in [2.24, 2.45) is 4.99 Å². The van der Waals surface area contributed by atoms with Gasteiger partial charge >= 0.3 is 5.97 Å². The zero-order valence-electron chi connectivity index (χ0n) is 16.4. The molecule has 0 unspecified atom stereocenters. The maximum Gasteiger partial charge on any atom is 0.363 e. The molecule has 1 aliphatic rings. The predicted octanol–water partition coefficient (Wildman–Crippen LogP) is 4.22. The second-order valence-electron chi connectivity index (χ2n) is 5.87. The number of hydrogen-bond acceptors (Lipinski definition) is 7. The highest BCUT2D eigenvalue weighted by molar-refractivity contribution is 9.10. The molecule has 0 aromatic heterocycles. The van der Waals surface area contributed by atoms with Crippen LogP contribution in [0.4, 0.5) is 0 Å². The fourth-order valence-corrected chi connectivity index (χ4v) is 3.41. The minimum atomic E-state index is -0.542. The van der Waals surface area contributed by atoms with Gasteiger partial charge in [-0.05, 0) is 64.8 Å². The van der Waals surface area contributed by atoms with Crippen molar-refractivity contribution in [2.45, 2.75) is 6.92 Å². The molecule has 0 bridgehead atoms. The summed E-state index contributed by atoms with van der Waals surface area (Å²) >= 11 is 3.46. The molecule has 0 atom stereocenters. The van der Waals surface area contributed by atoms with Crippen LogP contribution in [0, 0.1) is 0 Å².